The monoisotopic (exact) mass is 654 g/mol. The van der Waals surface area contributed by atoms with E-state index in [4.69, 9.17) is 0 Å². The van der Waals surface area contributed by atoms with E-state index in [0.29, 0.717) is 4.53 Å². The molecule has 0 unspecified atom stereocenters. The second-order valence-electron chi connectivity index (χ2n) is 13.9. The summed E-state index contributed by atoms with van der Waals surface area (Å²) in [4.78, 5) is 13.8. The van der Waals surface area contributed by atoms with E-state index in [1.807, 2.05) is 12.1 Å². The quantitative estimate of drug-likeness (QED) is 0.201. The summed E-state index contributed by atoms with van der Waals surface area (Å²) in [7, 11) is 0. The SMILES string of the molecule is CC1(C)c2ccccc2-c2ccc(N(c3ccc(/C=c4\cc/c(=C(/C#N)C(=O)O)s4)cc3)c3ccc4c(c3)C(C)(C)c3ccccc3-4)cc21. The summed E-state index contributed by atoms with van der Waals surface area (Å²) in [6.07, 6.45) is 2.02. The zero-order valence-corrected chi connectivity index (χ0v) is 28.6. The molecule has 4 nitrogen and oxygen atoms in total. The highest BCUT2D eigenvalue weighted by Gasteiger charge is 2.37. The largest absolute Gasteiger partial charge is 0.477 e. The molecule has 0 fully saturated rings. The summed E-state index contributed by atoms with van der Waals surface area (Å²) < 4.78 is 1.34. The Bertz CT molecular complexity index is 2390. The van der Waals surface area contributed by atoms with Crippen LogP contribution in [0.15, 0.2) is 121 Å². The van der Waals surface area contributed by atoms with E-state index >= 15 is 0 Å². The predicted octanol–water partition coefficient (Wildman–Crippen LogP) is 9.42. The maximum absolute atomic E-state index is 11.5. The van der Waals surface area contributed by atoms with Gasteiger partial charge in [0.1, 0.15) is 6.07 Å². The lowest BCUT2D eigenvalue weighted by molar-refractivity contribution is -0.130. The second-order valence-corrected chi connectivity index (χ2v) is 15.0. The fourth-order valence-corrected chi connectivity index (χ4v) is 8.72. The highest BCUT2D eigenvalue weighted by Crippen LogP contribution is 2.52. The minimum absolute atomic E-state index is 0.128. The second kappa shape index (κ2) is 11.2. The molecule has 0 saturated carbocycles. The molecule has 0 amide bonds. The highest BCUT2D eigenvalue weighted by atomic mass is 32.1. The van der Waals surface area contributed by atoms with Crippen molar-refractivity contribution in [2.45, 2.75) is 38.5 Å². The van der Waals surface area contributed by atoms with E-state index < -0.39 is 5.97 Å². The molecule has 2 aliphatic rings. The topological polar surface area (TPSA) is 64.3 Å². The van der Waals surface area contributed by atoms with Gasteiger partial charge in [-0.2, -0.15) is 5.26 Å². The number of benzene rings is 5. The normalized spacial score (nSPS) is 15.4. The van der Waals surface area contributed by atoms with Gasteiger partial charge < -0.3 is 10.0 Å². The lowest BCUT2D eigenvalue weighted by Gasteiger charge is -2.29. The molecular formula is C44H34N2O2S. The third kappa shape index (κ3) is 4.83. The number of aliphatic carboxylic acids is 1. The summed E-state index contributed by atoms with van der Waals surface area (Å²) in [6.45, 7) is 9.26. The van der Waals surface area contributed by atoms with Crippen molar-refractivity contribution in [2.75, 3.05) is 4.90 Å². The first-order chi connectivity index (χ1) is 23.6. The maximum Gasteiger partial charge on any atom is 0.347 e. The molecule has 0 radical (unpaired) electrons. The number of anilines is 3. The molecule has 8 rings (SSSR count). The Kier molecular flexibility index (Phi) is 6.99. The van der Waals surface area contributed by atoms with Crippen LogP contribution < -0.4 is 14.0 Å². The van der Waals surface area contributed by atoms with Crippen molar-refractivity contribution in [3.63, 3.8) is 0 Å². The number of nitriles is 1. The molecular weight excluding hydrogens is 621 g/mol. The molecule has 0 saturated heterocycles. The average molecular weight is 655 g/mol. The number of carboxylic acid groups (broad SMARTS) is 1. The smallest absolute Gasteiger partial charge is 0.347 e. The van der Waals surface area contributed by atoms with Crippen LogP contribution in [0, 0.1) is 11.3 Å². The Hall–Kier alpha value is -5.70. The molecule has 6 aromatic rings. The van der Waals surface area contributed by atoms with Gasteiger partial charge in [-0.05, 0) is 105 Å². The van der Waals surface area contributed by atoms with Gasteiger partial charge in [-0.25, -0.2) is 4.79 Å². The van der Waals surface area contributed by atoms with Crippen molar-refractivity contribution >= 4 is 46.0 Å². The van der Waals surface area contributed by atoms with Crippen LogP contribution in [0.3, 0.4) is 0 Å². The van der Waals surface area contributed by atoms with E-state index in [1.54, 1.807) is 12.1 Å². The van der Waals surface area contributed by atoms with Crippen LogP contribution in [0.4, 0.5) is 17.1 Å². The molecule has 0 bridgehead atoms. The summed E-state index contributed by atoms with van der Waals surface area (Å²) in [6, 6.07) is 45.0. The zero-order valence-electron chi connectivity index (χ0n) is 27.8. The van der Waals surface area contributed by atoms with E-state index in [1.165, 1.54) is 55.8 Å². The van der Waals surface area contributed by atoms with E-state index in [9.17, 15) is 15.2 Å². The maximum atomic E-state index is 11.5. The number of nitrogens with zero attached hydrogens (tertiary/aromatic N) is 2. The first-order valence-electron chi connectivity index (χ1n) is 16.4. The van der Waals surface area contributed by atoms with Crippen molar-refractivity contribution in [1.29, 1.82) is 5.26 Å². The van der Waals surface area contributed by atoms with Crippen LogP contribution in [0.2, 0.25) is 0 Å². The first kappa shape index (κ1) is 30.6. The van der Waals surface area contributed by atoms with Gasteiger partial charge in [-0.3, -0.25) is 0 Å². The number of carboxylic acids is 1. The third-order valence-electron chi connectivity index (χ3n) is 10.3. The predicted molar refractivity (Wildman–Crippen MR) is 200 cm³/mol. The first-order valence-corrected chi connectivity index (χ1v) is 17.2. The van der Waals surface area contributed by atoms with E-state index in [2.05, 4.69) is 142 Å². The Morgan fingerprint density at radius 1 is 0.653 bits per heavy atom. The standard InChI is InChI=1S/C44H34N2O2S/c1-43(2)37-11-7-5-9-32(37)34-20-17-29(24-39(34)43)46(30-18-21-35-33-10-6-8-12-38(33)44(3,4)40(35)25-30)28-15-13-27(14-16-28)23-31-19-22-41(49-31)36(26-45)42(47)48/h5-25H,1-4H3,(H,47,48)/b31-23+,41-36+. The van der Waals surface area contributed by atoms with E-state index in [-0.39, 0.29) is 16.4 Å². The van der Waals surface area contributed by atoms with Crippen LogP contribution in [-0.2, 0) is 15.6 Å². The summed E-state index contributed by atoms with van der Waals surface area (Å²) >= 11 is 1.30. The van der Waals surface area contributed by atoms with Gasteiger partial charge in [-0.15, -0.1) is 11.3 Å². The molecule has 238 valence electrons. The molecule has 0 spiro atoms. The molecule has 2 aliphatic carbocycles. The number of rotatable bonds is 5. The van der Waals surface area contributed by atoms with Crippen LogP contribution in [0.1, 0.15) is 55.5 Å². The third-order valence-corrected chi connectivity index (χ3v) is 11.4. The fraction of sp³-hybridized carbons (Fsp3) is 0.136. The minimum atomic E-state index is -1.21. The van der Waals surface area contributed by atoms with Gasteiger partial charge in [0.25, 0.3) is 0 Å². The van der Waals surface area contributed by atoms with Crippen LogP contribution in [0.25, 0.3) is 33.9 Å². The summed E-state index contributed by atoms with van der Waals surface area (Å²) in [5.41, 5.74) is 14.2. The molecule has 49 heavy (non-hydrogen) atoms. The Morgan fingerprint density at radius 3 is 1.65 bits per heavy atom. The Balaban J connectivity index is 1.26. The van der Waals surface area contributed by atoms with Gasteiger partial charge in [0.2, 0.25) is 0 Å². The minimum Gasteiger partial charge on any atom is -0.477 e. The number of hydrogen-bond donors (Lipinski definition) is 1. The molecule has 0 aliphatic heterocycles. The molecule has 1 N–H and O–H groups in total. The highest BCUT2D eigenvalue weighted by molar-refractivity contribution is 7.08. The summed E-state index contributed by atoms with van der Waals surface area (Å²) in [5.74, 6) is -1.21. The lowest BCUT2D eigenvalue weighted by atomic mass is 9.82. The molecule has 5 heteroatoms. The molecule has 1 heterocycles. The number of thiophene rings is 1. The molecule has 5 aromatic carbocycles. The van der Waals surface area contributed by atoms with Crippen molar-refractivity contribution in [3.05, 3.63) is 158 Å². The van der Waals surface area contributed by atoms with Gasteiger partial charge in [0.05, 0.1) is 4.53 Å². The van der Waals surface area contributed by atoms with Gasteiger partial charge >= 0.3 is 5.97 Å². The van der Waals surface area contributed by atoms with E-state index in [0.717, 1.165) is 27.2 Å². The van der Waals surface area contributed by atoms with Gasteiger partial charge in [0, 0.05) is 32.4 Å². The number of carbonyl (C=O) groups is 1. The Labute approximate surface area is 290 Å². The van der Waals surface area contributed by atoms with Crippen LogP contribution in [-0.4, -0.2) is 11.1 Å². The number of fused-ring (bicyclic) bond motifs is 6. The Morgan fingerprint density at radius 2 is 1.14 bits per heavy atom. The zero-order chi connectivity index (χ0) is 34.1. The fourth-order valence-electron chi connectivity index (χ4n) is 7.77. The van der Waals surface area contributed by atoms with Crippen LogP contribution >= 0.6 is 11.3 Å². The summed E-state index contributed by atoms with van der Waals surface area (Å²) in [5, 5.41) is 18.7. The van der Waals surface area contributed by atoms with Gasteiger partial charge in [-0.1, -0.05) is 100 Å². The number of hydrogen-bond acceptors (Lipinski definition) is 4. The van der Waals surface area contributed by atoms with Crippen molar-refractivity contribution in [2.24, 2.45) is 0 Å². The van der Waals surface area contributed by atoms with Crippen molar-refractivity contribution in [3.8, 4) is 28.3 Å². The van der Waals surface area contributed by atoms with Gasteiger partial charge in [0.15, 0.2) is 5.57 Å². The van der Waals surface area contributed by atoms with Crippen molar-refractivity contribution in [1.82, 2.24) is 0 Å². The van der Waals surface area contributed by atoms with Crippen molar-refractivity contribution < 1.29 is 9.90 Å². The lowest BCUT2D eigenvalue weighted by Crippen LogP contribution is -2.18. The molecule has 0 atom stereocenters. The van der Waals surface area contributed by atoms with Crippen LogP contribution in [0.5, 0.6) is 0 Å². The average Bonchev–Trinajstić information content (AvgIpc) is 3.72. The molecule has 1 aromatic heterocycles.